The van der Waals surface area contributed by atoms with Crippen molar-refractivity contribution in [2.24, 2.45) is 13.0 Å². The second-order valence-corrected chi connectivity index (χ2v) is 7.97. The molecule has 30 heavy (non-hydrogen) atoms. The Balaban J connectivity index is 1.96. The van der Waals surface area contributed by atoms with Gasteiger partial charge in [-0.25, -0.2) is 4.79 Å². The number of methoxy groups -OCH3 is 1. The number of hydrogen-bond donors (Lipinski definition) is 0. The Morgan fingerprint density at radius 3 is 2.40 bits per heavy atom. The van der Waals surface area contributed by atoms with Crippen LogP contribution in [0.1, 0.15) is 63.9 Å². The summed E-state index contributed by atoms with van der Waals surface area (Å²) in [6.07, 6.45) is 6.13. The summed E-state index contributed by atoms with van der Waals surface area (Å²) in [5.74, 6) is -0.662. The molecule has 0 radical (unpaired) electrons. The largest absolute Gasteiger partial charge is 0.464 e. The zero-order valence-electron chi connectivity index (χ0n) is 18.3. The first-order chi connectivity index (χ1) is 14.3. The number of ketones is 1. The van der Waals surface area contributed by atoms with Gasteiger partial charge in [0.05, 0.1) is 13.2 Å². The molecule has 7 nitrogen and oxygen atoms in total. The maximum Gasteiger partial charge on any atom is 0.354 e. The Labute approximate surface area is 177 Å². The first kappa shape index (κ1) is 21.7. The molecule has 1 atom stereocenters. The molecule has 0 aliphatic heterocycles. The summed E-state index contributed by atoms with van der Waals surface area (Å²) < 4.78 is 6.57. The zero-order valence-corrected chi connectivity index (χ0v) is 18.3. The zero-order chi connectivity index (χ0) is 22.0. The lowest BCUT2D eigenvalue weighted by atomic mass is 9.83. The highest BCUT2D eigenvalue weighted by molar-refractivity contribution is 6.06. The lowest BCUT2D eigenvalue weighted by Gasteiger charge is -2.35. The quantitative estimate of drug-likeness (QED) is 0.516. The summed E-state index contributed by atoms with van der Waals surface area (Å²) in [5, 5.41) is 0. The van der Waals surface area contributed by atoms with Crippen molar-refractivity contribution >= 4 is 17.7 Å². The van der Waals surface area contributed by atoms with Gasteiger partial charge in [-0.1, -0.05) is 6.42 Å². The molecule has 1 amide bonds. The fraction of sp³-hybridized carbons (Fsp3) is 0.478. The Bertz CT molecular complexity index is 961. The van der Waals surface area contributed by atoms with Crippen LogP contribution in [0, 0.1) is 19.8 Å². The maximum atomic E-state index is 13.6. The van der Waals surface area contributed by atoms with Crippen LogP contribution in [-0.2, 0) is 23.1 Å². The molecule has 0 N–H and O–H groups in total. The molecule has 160 valence electrons. The van der Waals surface area contributed by atoms with Crippen LogP contribution >= 0.6 is 0 Å². The molecule has 0 spiro atoms. The molecule has 1 unspecified atom stereocenters. The number of ether oxygens (including phenoxy) is 1. The molecule has 7 heteroatoms. The average Bonchev–Trinajstić information content (AvgIpc) is 2.92. The smallest absolute Gasteiger partial charge is 0.354 e. The number of amides is 1. The number of hydrogen-bond acceptors (Lipinski definition) is 5. The van der Waals surface area contributed by atoms with Crippen molar-refractivity contribution in [1.29, 1.82) is 0 Å². The Hall–Kier alpha value is -2.96. The maximum absolute atomic E-state index is 13.6. The Kier molecular flexibility index (Phi) is 6.39. The molecule has 0 aromatic carbocycles. The molecule has 1 aliphatic carbocycles. The first-order valence-corrected chi connectivity index (χ1v) is 10.3. The standard InChI is InChI=1S/C23H29N3O4/c1-14-19(15(2)25(4)20(14)23(29)30-5)21(27)16(3)26(22(28)18-7-6-8-18)13-17-9-11-24-12-10-17/h9-12,16,18H,6-8,13H2,1-5H3. The van der Waals surface area contributed by atoms with Crippen molar-refractivity contribution in [2.75, 3.05) is 7.11 Å². The predicted octanol–water partition coefficient (Wildman–Crippen LogP) is 3.22. The SMILES string of the molecule is COC(=O)c1c(C)c(C(=O)C(C)N(Cc2ccncc2)C(=O)C2CCC2)c(C)n1C. The van der Waals surface area contributed by atoms with E-state index in [1.165, 1.54) is 7.11 Å². The summed E-state index contributed by atoms with van der Waals surface area (Å²) in [5.41, 5.74) is 3.03. The van der Waals surface area contributed by atoms with Crippen LogP contribution in [0.25, 0.3) is 0 Å². The molecule has 1 saturated carbocycles. The second-order valence-electron chi connectivity index (χ2n) is 7.97. The van der Waals surface area contributed by atoms with E-state index < -0.39 is 12.0 Å². The van der Waals surface area contributed by atoms with E-state index in [0.717, 1.165) is 24.8 Å². The van der Waals surface area contributed by atoms with Gasteiger partial charge in [0.2, 0.25) is 5.91 Å². The van der Waals surface area contributed by atoms with Crippen LogP contribution in [-0.4, -0.2) is 45.3 Å². The molecule has 2 heterocycles. The van der Waals surface area contributed by atoms with E-state index >= 15 is 0 Å². The first-order valence-electron chi connectivity index (χ1n) is 10.3. The van der Waals surface area contributed by atoms with Crippen molar-refractivity contribution in [2.45, 2.75) is 52.6 Å². The van der Waals surface area contributed by atoms with E-state index in [4.69, 9.17) is 4.74 Å². The number of carbonyl (C=O) groups is 3. The third-order valence-corrected chi connectivity index (χ3v) is 6.24. The number of aromatic nitrogens is 2. The van der Waals surface area contributed by atoms with E-state index in [-0.39, 0.29) is 17.6 Å². The third kappa shape index (κ3) is 3.88. The number of rotatable bonds is 7. The number of Topliss-reactive ketones (excluding diaryl/α,β-unsaturated/α-hetero) is 1. The lowest BCUT2D eigenvalue weighted by molar-refractivity contribution is -0.140. The van der Waals surface area contributed by atoms with Crippen molar-refractivity contribution in [3.63, 3.8) is 0 Å². The van der Waals surface area contributed by atoms with Gasteiger partial charge in [0.1, 0.15) is 5.69 Å². The number of nitrogens with zero attached hydrogens (tertiary/aromatic N) is 3. The van der Waals surface area contributed by atoms with Crippen LogP contribution in [0.4, 0.5) is 0 Å². The summed E-state index contributed by atoms with van der Waals surface area (Å²) in [6, 6.07) is 3.05. The summed E-state index contributed by atoms with van der Waals surface area (Å²) in [6.45, 7) is 5.67. The third-order valence-electron chi connectivity index (χ3n) is 6.24. The van der Waals surface area contributed by atoms with Gasteiger partial charge >= 0.3 is 5.97 Å². The molecule has 0 saturated heterocycles. The minimum absolute atomic E-state index is 0.0124. The van der Waals surface area contributed by atoms with Crippen molar-refractivity contribution < 1.29 is 19.1 Å². The summed E-state index contributed by atoms with van der Waals surface area (Å²) in [4.78, 5) is 44.6. The van der Waals surface area contributed by atoms with Crippen LogP contribution in [0.15, 0.2) is 24.5 Å². The van der Waals surface area contributed by atoms with E-state index in [2.05, 4.69) is 4.98 Å². The van der Waals surface area contributed by atoms with Crippen molar-refractivity contribution in [1.82, 2.24) is 14.5 Å². The molecular formula is C23H29N3O4. The summed E-state index contributed by atoms with van der Waals surface area (Å²) in [7, 11) is 3.06. The average molecular weight is 412 g/mol. The Morgan fingerprint density at radius 1 is 1.23 bits per heavy atom. The van der Waals surface area contributed by atoms with Crippen molar-refractivity contribution in [3.8, 4) is 0 Å². The van der Waals surface area contributed by atoms with Gasteiger partial charge in [-0.05, 0) is 56.9 Å². The van der Waals surface area contributed by atoms with Gasteiger partial charge in [-0.2, -0.15) is 0 Å². The van der Waals surface area contributed by atoms with Crippen LogP contribution in [0.2, 0.25) is 0 Å². The number of esters is 1. The topological polar surface area (TPSA) is 81.5 Å². The predicted molar refractivity (Wildman–Crippen MR) is 112 cm³/mol. The molecule has 2 aromatic rings. The van der Waals surface area contributed by atoms with Gasteiger partial charge in [-0.15, -0.1) is 0 Å². The van der Waals surface area contributed by atoms with Crippen LogP contribution < -0.4 is 0 Å². The van der Waals surface area contributed by atoms with Gasteiger partial charge in [-0.3, -0.25) is 14.6 Å². The highest BCUT2D eigenvalue weighted by atomic mass is 16.5. The van der Waals surface area contributed by atoms with Crippen molar-refractivity contribution in [3.05, 3.63) is 52.6 Å². The minimum atomic E-state index is -0.656. The van der Waals surface area contributed by atoms with Gasteiger partial charge in [0, 0.05) is 43.2 Å². The second kappa shape index (κ2) is 8.81. The fourth-order valence-corrected chi connectivity index (χ4v) is 4.06. The molecule has 0 bridgehead atoms. The molecule has 1 aliphatic rings. The van der Waals surface area contributed by atoms with Gasteiger partial charge in [0.25, 0.3) is 0 Å². The van der Waals surface area contributed by atoms with E-state index in [1.54, 1.807) is 49.7 Å². The van der Waals surface area contributed by atoms with Gasteiger partial charge in [0.15, 0.2) is 5.78 Å². The van der Waals surface area contributed by atoms with Crippen LogP contribution in [0.5, 0.6) is 0 Å². The molecular weight excluding hydrogens is 382 g/mol. The summed E-state index contributed by atoms with van der Waals surface area (Å²) >= 11 is 0. The fourth-order valence-electron chi connectivity index (χ4n) is 4.06. The van der Waals surface area contributed by atoms with E-state index in [9.17, 15) is 14.4 Å². The van der Waals surface area contributed by atoms with Gasteiger partial charge < -0.3 is 14.2 Å². The number of carbonyl (C=O) groups excluding carboxylic acids is 3. The highest BCUT2D eigenvalue weighted by Gasteiger charge is 2.36. The highest BCUT2D eigenvalue weighted by Crippen LogP contribution is 2.31. The molecule has 2 aromatic heterocycles. The van der Waals surface area contributed by atoms with E-state index in [0.29, 0.717) is 29.1 Å². The van der Waals surface area contributed by atoms with E-state index in [1.807, 2.05) is 12.1 Å². The molecule has 1 fully saturated rings. The minimum Gasteiger partial charge on any atom is -0.464 e. The molecule has 3 rings (SSSR count). The van der Waals surface area contributed by atoms with Crippen LogP contribution in [0.3, 0.4) is 0 Å². The lowest BCUT2D eigenvalue weighted by Crippen LogP contribution is -2.47. The monoisotopic (exact) mass is 411 g/mol. The Morgan fingerprint density at radius 2 is 1.87 bits per heavy atom. The normalized spacial score (nSPS) is 14.7. The number of pyridine rings is 1.